The number of unbranched alkanes of at least 4 members (excludes halogenated alkanes) is 1. The zero-order valence-electron chi connectivity index (χ0n) is 82.8. The number of hydrogen-bond donors (Lipinski definition) is 3. The summed E-state index contributed by atoms with van der Waals surface area (Å²) in [7, 11) is 2.23. The SMILES string of the molecule is C.CC(C)(C)C1CCC(N)CC1.CC(C)(C)C1CNC1.CC(C)(C)CC1CCCC1.CC(C)(C)CC1CCCCC1.CC(C)(C)CC1CCCCC1.CC(C)(C)CC1CCCCN1.CC(C)(C)CCCN1CCCCC1.CCCCN1CCN(CCC)CC1.CN1CCC(CC(C)(C)C)CC1.C[C@H]1CCCC[C@@H]1C(C)(C)C. The minimum atomic E-state index is 0. The van der Waals surface area contributed by atoms with Crippen LogP contribution in [-0.4, -0.2) is 130 Å². The van der Waals surface area contributed by atoms with Crippen LogP contribution < -0.4 is 16.4 Å². The molecule has 0 aromatic carbocycles. The highest BCUT2D eigenvalue weighted by molar-refractivity contribution is 4.86. The first-order valence-corrected chi connectivity index (χ1v) is 49.4. The van der Waals surface area contributed by atoms with Crippen LogP contribution in [0.2, 0.25) is 0 Å². The lowest BCUT2D eigenvalue weighted by Gasteiger charge is -2.38. The molecule has 5 heterocycles. The largest absolute Gasteiger partial charge is 0.328 e. The van der Waals surface area contributed by atoms with Gasteiger partial charge in [-0.1, -0.05) is 344 Å². The number of nitrogens with one attached hydrogen (secondary N) is 2. The molecule has 1 unspecified atom stereocenters. The van der Waals surface area contributed by atoms with Crippen LogP contribution in [0.3, 0.4) is 0 Å². The summed E-state index contributed by atoms with van der Waals surface area (Å²) in [6, 6.07) is 1.29. The highest BCUT2D eigenvalue weighted by Gasteiger charge is 2.33. The zero-order chi connectivity index (χ0) is 84.2. The van der Waals surface area contributed by atoms with Crippen molar-refractivity contribution in [1.82, 2.24) is 30.2 Å². The zero-order valence-corrected chi connectivity index (χ0v) is 82.8. The van der Waals surface area contributed by atoms with Crippen LogP contribution in [0.1, 0.15) is 472 Å². The van der Waals surface area contributed by atoms with Crippen LogP contribution in [0.15, 0.2) is 0 Å². The lowest BCUT2D eigenvalue weighted by Crippen LogP contribution is -2.48. The molecule has 0 amide bonds. The van der Waals surface area contributed by atoms with Gasteiger partial charge in [-0.15, -0.1) is 0 Å². The predicted molar refractivity (Wildman–Crippen MR) is 511 cm³/mol. The second-order valence-electron chi connectivity index (χ2n) is 49.4. The van der Waals surface area contributed by atoms with Gasteiger partial charge >= 0.3 is 0 Å². The third-order valence-electron chi connectivity index (χ3n) is 26.5. The van der Waals surface area contributed by atoms with Crippen molar-refractivity contribution in [2.75, 3.05) is 98.7 Å². The summed E-state index contributed by atoms with van der Waals surface area (Å²) in [4.78, 5) is 10.3. The fourth-order valence-corrected chi connectivity index (χ4v) is 20.0. The summed E-state index contributed by atoms with van der Waals surface area (Å²) in [5.41, 5.74) is 10.6. The molecule has 112 heavy (non-hydrogen) atoms. The Morgan fingerprint density at radius 1 is 0.321 bits per heavy atom. The molecule has 7 heteroatoms. The van der Waals surface area contributed by atoms with Gasteiger partial charge in [-0.25, -0.2) is 0 Å². The molecule has 4 N–H and O–H groups in total. The van der Waals surface area contributed by atoms with Crippen molar-refractivity contribution < 1.29 is 0 Å². The molecule has 0 aromatic heterocycles. The summed E-state index contributed by atoms with van der Waals surface area (Å²) in [5, 5.41) is 6.84. The van der Waals surface area contributed by atoms with E-state index in [9.17, 15) is 0 Å². The van der Waals surface area contributed by atoms with E-state index in [4.69, 9.17) is 5.73 Å². The van der Waals surface area contributed by atoms with E-state index in [2.05, 4.69) is 245 Å². The van der Waals surface area contributed by atoms with Gasteiger partial charge in [0.15, 0.2) is 0 Å². The van der Waals surface area contributed by atoms with E-state index in [0.717, 1.165) is 53.4 Å². The summed E-state index contributed by atoms with van der Waals surface area (Å²) in [5.74, 6) is 7.89. The maximum Gasteiger partial charge on any atom is 0.0110 e. The van der Waals surface area contributed by atoms with Gasteiger partial charge in [-0.2, -0.15) is 0 Å². The van der Waals surface area contributed by atoms with Gasteiger partial charge in [0.25, 0.3) is 0 Å². The molecule has 5 saturated heterocycles. The first-order valence-electron chi connectivity index (χ1n) is 49.4. The molecule has 10 aliphatic rings. The van der Waals surface area contributed by atoms with Crippen molar-refractivity contribution in [3.8, 4) is 0 Å². The Hall–Kier alpha value is -0.280. The van der Waals surface area contributed by atoms with Crippen molar-refractivity contribution >= 4 is 0 Å². The number of likely N-dealkylation sites (tertiary alicyclic amines) is 2. The first kappa shape index (κ1) is 112. The van der Waals surface area contributed by atoms with E-state index >= 15 is 0 Å². The highest BCUT2D eigenvalue weighted by atomic mass is 15.3. The number of piperazine rings is 1. The maximum atomic E-state index is 5.84. The second-order valence-corrected chi connectivity index (χ2v) is 49.4. The van der Waals surface area contributed by atoms with E-state index in [-0.39, 0.29) is 7.43 Å². The Bertz CT molecular complexity index is 2020. The lowest BCUT2D eigenvalue weighted by molar-refractivity contribution is 0.119. The molecule has 0 radical (unpaired) electrons. The Morgan fingerprint density at radius 2 is 0.679 bits per heavy atom. The number of piperidine rings is 3. The minimum Gasteiger partial charge on any atom is -0.328 e. The van der Waals surface area contributed by atoms with Crippen LogP contribution in [0.25, 0.3) is 0 Å². The van der Waals surface area contributed by atoms with Gasteiger partial charge in [0.05, 0.1) is 0 Å². The Balaban J connectivity index is 0.00000122. The normalized spacial score (nSPS) is 24.5. The third-order valence-corrected chi connectivity index (χ3v) is 26.5. The Kier molecular flexibility index (Phi) is 57.8. The van der Waals surface area contributed by atoms with E-state index in [1.165, 1.54) is 348 Å². The van der Waals surface area contributed by atoms with Crippen LogP contribution in [0.4, 0.5) is 0 Å². The Labute approximate surface area is 710 Å². The topological polar surface area (TPSA) is 63.0 Å². The molecule has 5 aliphatic heterocycles. The fraction of sp³-hybridized carbons (Fsp3) is 1.00. The molecule has 3 atom stereocenters. The molecule has 674 valence electrons. The lowest BCUT2D eigenvalue weighted by atomic mass is 9.67. The maximum absolute atomic E-state index is 5.84. The van der Waals surface area contributed by atoms with E-state index in [1.807, 2.05) is 0 Å². The molecule has 7 nitrogen and oxygen atoms in total. The second kappa shape index (κ2) is 57.9. The van der Waals surface area contributed by atoms with E-state index in [1.54, 1.807) is 0 Å². The van der Waals surface area contributed by atoms with Gasteiger partial charge in [0, 0.05) is 38.3 Å². The smallest absolute Gasteiger partial charge is 0.0110 e. The molecule has 5 saturated carbocycles. The van der Waals surface area contributed by atoms with Gasteiger partial charge in [0.2, 0.25) is 0 Å². The van der Waals surface area contributed by atoms with Crippen molar-refractivity contribution in [3.63, 3.8) is 0 Å². The molecular formula is C105H219N7. The summed E-state index contributed by atoms with van der Waals surface area (Å²) < 4.78 is 0. The minimum absolute atomic E-state index is 0. The van der Waals surface area contributed by atoms with Crippen molar-refractivity contribution in [2.24, 2.45) is 102 Å². The number of nitrogens with zero attached hydrogens (tertiary/aromatic N) is 4. The number of hydrogen-bond acceptors (Lipinski definition) is 7. The first-order chi connectivity index (χ1) is 51.3. The molecule has 10 fully saturated rings. The average Bonchev–Trinajstić information content (AvgIpc) is 1.57. The van der Waals surface area contributed by atoms with Gasteiger partial charge in [-0.3, -0.25) is 0 Å². The molecule has 5 aliphatic carbocycles. The van der Waals surface area contributed by atoms with Crippen molar-refractivity contribution in [1.29, 1.82) is 0 Å². The number of nitrogens with two attached hydrogens (primary N) is 1. The Morgan fingerprint density at radius 3 is 1.00 bits per heavy atom. The standard InChI is InChI=1S/C12H25N.C11H24N2.C11H23N.3C11H22.2C10H21N.C10H20.C7H15N.CH4/c1-12(2,3)8-7-11-13-9-5-4-6-10-13;1-3-5-7-13-10-8-12(6-4-2)9-11-13;1-11(2,3)9-10-5-7-12(4)8-6-10;1-9-7-5-6-8-10(9)11(2,3)4;2*1-11(2,3)9-10-7-5-4-6-8-10;1-10(2,3)8-4-6-9(11)7-5-8;1-10(2,3)8-9-6-4-5-7-11-9;1-10(2,3)8-9-6-4-5-7-9;1-7(2,3)6-4-8-5-6;/h4-11H2,1-3H3;3-11H2,1-2H3;10H,5-9H2,1-4H3;9-10H,5-8H2,1-4H3;2*10H,4-9H2,1-3H3;8-9H,4-7,11H2,1-3H3;9,11H,4-8H2,1-3H3;9H,4-8H2,1-3H3;6,8H,4-5H2,1-3H3;1H4/t;;;9-,10-;;;;;;;/m...0......./s1. The van der Waals surface area contributed by atoms with Crippen molar-refractivity contribution in [3.05, 3.63) is 0 Å². The van der Waals surface area contributed by atoms with E-state index < -0.39 is 0 Å². The van der Waals surface area contributed by atoms with Crippen LogP contribution >= 0.6 is 0 Å². The molecule has 0 spiro atoms. The predicted octanol–water partition coefficient (Wildman–Crippen LogP) is 30.4. The molecular weight excluding hydrogens is 1360 g/mol. The van der Waals surface area contributed by atoms with Gasteiger partial charge in [-0.05, 0) is 297 Å². The average molecular weight is 1580 g/mol. The van der Waals surface area contributed by atoms with Crippen LogP contribution in [0.5, 0.6) is 0 Å². The summed E-state index contributed by atoms with van der Waals surface area (Å²) in [6.07, 6.45) is 57.0. The fourth-order valence-electron chi connectivity index (χ4n) is 20.0. The number of rotatable bonds is 13. The molecule has 0 aromatic rings. The summed E-state index contributed by atoms with van der Waals surface area (Å²) in [6.45, 7) is 88.4. The van der Waals surface area contributed by atoms with E-state index in [0.29, 0.717) is 54.8 Å². The molecule has 0 bridgehead atoms. The monoisotopic (exact) mass is 1580 g/mol. The van der Waals surface area contributed by atoms with Gasteiger partial charge in [0.1, 0.15) is 0 Å². The quantitative estimate of drug-likeness (QED) is 0.170. The highest BCUT2D eigenvalue weighted by Crippen LogP contribution is 2.43. The van der Waals surface area contributed by atoms with Crippen LogP contribution in [-0.2, 0) is 0 Å². The summed E-state index contributed by atoms with van der Waals surface area (Å²) >= 11 is 0. The van der Waals surface area contributed by atoms with Crippen molar-refractivity contribution in [2.45, 2.75) is 484 Å². The van der Waals surface area contributed by atoms with Crippen LogP contribution in [0, 0.1) is 96.1 Å². The third kappa shape index (κ3) is 63.7. The van der Waals surface area contributed by atoms with Gasteiger partial charge < -0.3 is 36.0 Å². The molecule has 10 rings (SSSR count).